The summed E-state index contributed by atoms with van der Waals surface area (Å²) in [7, 11) is 0. The lowest BCUT2D eigenvalue weighted by atomic mass is 9.96. The van der Waals surface area contributed by atoms with Crippen molar-refractivity contribution in [3.05, 3.63) is 35.1 Å². The van der Waals surface area contributed by atoms with Crippen LogP contribution in [0.1, 0.15) is 31.0 Å². The van der Waals surface area contributed by atoms with E-state index in [0.29, 0.717) is 5.56 Å². The van der Waals surface area contributed by atoms with E-state index in [1.54, 1.807) is 13.0 Å². The van der Waals surface area contributed by atoms with Crippen LogP contribution in [0.15, 0.2) is 18.2 Å². The molecule has 0 bridgehead atoms. The summed E-state index contributed by atoms with van der Waals surface area (Å²) in [4.78, 5) is 0. The standard InChI is InChI=1S/C11H16FNO/c1-3-8-4-5-9(12)6-10(8)11(13)7(2)14/h4-7,11,14H,3,13H2,1-2H3. The smallest absolute Gasteiger partial charge is 0.123 e. The topological polar surface area (TPSA) is 46.2 Å². The Morgan fingerprint density at radius 1 is 1.50 bits per heavy atom. The predicted molar refractivity (Wildman–Crippen MR) is 54.4 cm³/mol. The van der Waals surface area contributed by atoms with Crippen LogP contribution < -0.4 is 5.73 Å². The molecular formula is C11H16FNO. The summed E-state index contributed by atoms with van der Waals surface area (Å²) >= 11 is 0. The normalized spacial score (nSPS) is 15.2. The predicted octanol–water partition coefficient (Wildman–Crippen LogP) is 1.77. The van der Waals surface area contributed by atoms with Crippen LogP contribution >= 0.6 is 0 Å². The minimum atomic E-state index is -0.665. The largest absolute Gasteiger partial charge is 0.391 e. The van der Waals surface area contributed by atoms with Crippen molar-refractivity contribution in [3.63, 3.8) is 0 Å². The van der Waals surface area contributed by atoms with Gasteiger partial charge in [-0.25, -0.2) is 4.39 Å². The highest BCUT2D eigenvalue weighted by molar-refractivity contribution is 5.31. The molecule has 0 saturated carbocycles. The van der Waals surface area contributed by atoms with Crippen molar-refractivity contribution in [2.24, 2.45) is 5.73 Å². The molecule has 1 aromatic carbocycles. The van der Waals surface area contributed by atoms with Crippen molar-refractivity contribution in [2.75, 3.05) is 0 Å². The third kappa shape index (κ3) is 2.30. The first-order valence-electron chi connectivity index (χ1n) is 4.78. The maximum absolute atomic E-state index is 13.0. The number of aryl methyl sites for hydroxylation is 1. The summed E-state index contributed by atoms with van der Waals surface area (Å²) in [5.74, 6) is -0.312. The second kappa shape index (κ2) is 4.53. The number of rotatable bonds is 3. The third-order valence-electron chi connectivity index (χ3n) is 2.37. The van der Waals surface area contributed by atoms with E-state index >= 15 is 0 Å². The highest BCUT2D eigenvalue weighted by Crippen LogP contribution is 2.20. The minimum absolute atomic E-state index is 0.312. The van der Waals surface area contributed by atoms with Crippen LogP contribution in [0.4, 0.5) is 4.39 Å². The van der Waals surface area contributed by atoms with Crippen LogP contribution in [0.5, 0.6) is 0 Å². The third-order valence-corrected chi connectivity index (χ3v) is 2.37. The monoisotopic (exact) mass is 197 g/mol. The second-order valence-electron chi connectivity index (χ2n) is 3.46. The number of halogens is 1. The Balaban J connectivity index is 3.10. The van der Waals surface area contributed by atoms with Crippen molar-refractivity contribution in [1.29, 1.82) is 0 Å². The molecule has 0 aliphatic carbocycles. The van der Waals surface area contributed by atoms with E-state index in [-0.39, 0.29) is 5.82 Å². The molecule has 0 amide bonds. The summed E-state index contributed by atoms with van der Waals surface area (Å²) in [6, 6.07) is 4.01. The molecule has 3 N–H and O–H groups in total. The Morgan fingerprint density at radius 2 is 2.14 bits per heavy atom. The van der Waals surface area contributed by atoms with E-state index < -0.39 is 12.1 Å². The average molecular weight is 197 g/mol. The van der Waals surface area contributed by atoms with Crippen molar-refractivity contribution < 1.29 is 9.50 Å². The molecule has 0 aliphatic heterocycles. The number of hydrogen-bond donors (Lipinski definition) is 2. The van der Waals surface area contributed by atoms with Gasteiger partial charge in [0.1, 0.15) is 5.82 Å². The highest BCUT2D eigenvalue weighted by atomic mass is 19.1. The van der Waals surface area contributed by atoms with E-state index in [0.717, 1.165) is 12.0 Å². The summed E-state index contributed by atoms with van der Waals surface area (Å²) in [5.41, 5.74) is 7.45. The number of benzene rings is 1. The lowest BCUT2D eigenvalue weighted by molar-refractivity contribution is 0.164. The van der Waals surface area contributed by atoms with Gasteiger partial charge in [-0.15, -0.1) is 0 Å². The van der Waals surface area contributed by atoms with Gasteiger partial charge in [0, 0.05) is 0 Å². The molecule has 0 heterocycles. The zero-order valence-corrected chi connectivity index (χ0v) is 8.50. The quantitative estimate of drug-likeness (QED) is 0.775. The average Bonchev–Trinajstić information content (AvgIpc) is 2.16. The van der Waals surface area contributed by atoms with E-state index in [2.05, 4.69) is 0 Å². The van der Waals surface area contributed by atoms with E-state index in [1.165, 1.54) is 12.1 Å². The van der Waals surface area contributed by atoms with E-state index in [1.807, 2.05) is 6.92 Å². The van der Waals surface area contributed by atoms with Gasteiger partial charge in [-0.3, -0.25) is 0 Å². The molecule has 2 nitrogen and oxygen atoms in total. The van der Waals surface area contributed by atoms with Crippen molar-refractivity contribution in [3.8, 4) is 0 Å². The van der Waals surface area contributed by atoms with E-state index in [4.69, 9.17) is 5.73 Å². The Hall–Kier alpha value is -0.930. The molecule has 14 heavy (non-hydrogen) atoms. The number of aliphatic hydroxyl groups is 1. The summed E-state index contributed by atoms with van der Waals surface area (Å²) < 4.78 is 13.0. The van der Waals surface area contributed by atoms with Crippen LogP contribution in [0, 0.1) is 5.82 Å². The Kier molecular flexibility index (Phi) is 3.61. The Bertz CT molecular complexity index is 312. The van der Waals surface area contributed by atoms with Crippen molar-refractivity contribution in [1.82, 2.24) is 0 Å². The molecule has 0 aliphatic rings. The van der Waals surface area contributed by atoms with Gasteiger partial charge in [-0.1, -0.05) is 13.0 Å². The number of hydrogen-bond acceptors (Lipinski definition) is 2. The Morgan fingerprint density at radius 3 is 2.64 bits per heavy atom. The van der Waals surface area contributed by atoms with Crippen LogP contribution in [0.3, 0.4) is 0 Å². The molecule has 1 rings (SSSR count). The fourth-order valence-corrected chi connectivity index (χ4v) is 1.46. The van der Waals surface area contributed by atoms with Crippen molar-refractivity contribution >= 4 is 0 Å². The summed E-state index contributed by atoms with van der Waals surface area (Å²) in [5, 5.41) is 9.34. The lowest BCUT2D eigenvalue weighted by Gasteiger charge is -2.18. The highest BCUT2D eigenvalue weighted by Gasteiger charge is 2.15. The summed E-state index contributed by atoms with van der Waals surface area (Å²) in [6.07, 6.45) is 0.123. The molecule has 0 radical (unpaired) electrons. The molecule has 2 unspecified atom stereocenters. The Labute approximate surface area is 83.6 Å². The van der Waals surface area contributed by atoms with Gasteiger partial charge in [0.25, 0.3) is 0 Å². The maximum atomic E-state index is 13.0. The zero-order valence-electron chi connectivity index (χ0n) is 8.50. The van der Waals surface area contributed by atoms with Gasteiger partial charge >= 0.3 is 0 Å². The number of aliphatic hydroxyl groups excluding tert-OH is 1. The molecule has 0 spiro atoms. The van der Waals surface area contributed by atoms with Crippen molar-refractivity contribution in [2.45, 2.75) is 32.4 Å². The molecule has 78 valence electrons. The molecule has 0 fully saturated rings. The minimum Gasteiger partial charge on any atom is -0.391 e. The van der Waals surface area contributed by atoms with Gasteiger partial charge in [0.05, 0.1) is 12.1 Å². The molecular weight excluding hydrogens is 181 g/mol. The van der Waals surface area contributed by atoms with Crippen LogP contribution in [0.2, 0.25) is 0 Å². The van der Waals surface area contributed by atoms with Gasteiger partial charge in [0.15, 0.2) is 0 Å². The molecule has 0 aromatic heterocycles. The molecule has 3 heteroatoms. The molecule has 0 saturated heterocycles. The molecule has 1 aromatic rings. The van der Waals surface area contributed by atoms with Crippen LogP contribution in [-0.4, -0.2) is 11.2 Å². The number of nitrogens with two attached hydrogens (primary N) is 1. The van der Waals surface area contributed by atoms with Crippen LogP contribution in [0.25, 0.3) is 0 Å². The second-order valence-corrected chi connectivity index (χ2v) is 3.46. The molecule has 2 atom stereocenters. The van der Waals surface area contributed by atoms with Gasteiger partial charge in [-0.2, -0.15) is 0 Å². The first-order valence-corrected chi connectivity index (χ1v) is 4.78. The van der Waals surface area contributed by atoms with Crippen LogP contribution in [-0.2, 0) is 6.42 Å². The maximum Gasteiger partial charge on any atom is 0.123 e. The fraction of sp³-hybridized carbons (Fsp3) is 0.455. The summed E-state index contributed by atoms with van der Waals surface area (Å²) in [6.45, 7) is 3.58. The first-order chi connectivity index (χ1) is 6.56. The van der Waals surface area contributed by atoms with E-state index in [9.17, 15) is 9.50 Å². The van der Waals surface area contributed by atoms with Gasteiger partial charge < -0.3 is 10.8 Å². The van der Waals surface area contributed by atoms with Gasteiger partial charge in [-0.05, 0) is 36.6 Å². The SMILES string of the molecule is CCc1ccc(F)cc1C(N)C(C)O. The lowest BCUT2D eigenvalue weighted by Crippen LogP contribution is -2.24. The zero-order chi connectivity index (χ0) is 10.7. The first kappa shape index (κ1) is 11.1. The fourth-order valence-electron chi connectivity index (χ4n) is 1.46. The van der Waals surface area contributed by atoms with Gasteiger partial charge in [0.2, 0.25) is 0 Å².